The van der Waals surface area contributed by atoms with Gasteiger partial charge in [-0.3, -0.25) is 4.79 Å². The van der Waals surface area contributed by atoms with Crippen LogP contribution in [0.25, 0.3) is 0 Å². The SMILES string of the molecule is Cc1cccc(CNC(=O)c2cc(S(=O)(=O)N3CCOCC3)cn2C)c1. The van der Waals surface area contributed by atoms with E-state index in [-0.39, 0.29) is 10.8 Å². The number of nitrogens with one attached hydrogen (secondary N) is 1. The fourth-order valence-corrected chi connectivity index (χ4v) is 4.41. The topological polar surface area (TPSA) is 80.6 Å². The molecule has 3 rings (SSSR count). The molecule has 0 saturated carbocycles. The number of carbonyl (C=O) groups is 1. The van der Waals surface area contributed by atoms with Gasteiger partial charge in [0.05, 0.1) is 13.2 Å². The van der Waals surface area contributed by atoms with E-state index in [0.29, 0.717) is 38.5 Å². The molecule has 0 bridgehead atoms. The summed E-state index contributed by atoms with van der Waals surface area (Å²) in [6.45, 7) is 3.80. The minimum Gasteiger partial charge on any atom is -0.379 e. The predicted molar refractivity (Wildman–Crippen MR) is 97.3 cm³/mol. The van der Waals surface area contributed by atoms with Crippen LogP contribution in [0, 0.1) is 6.92 Å². The zero-order valence-corrected chi connectivity index (χ0v) is 15.8. The highest BCUT2D eigenvalue weighted by atomic mass is 32.2. The van der Waals surface area contributed by atoms with Gasteiger partial charge in [0.2, 0.25) is 10.0 Å². The van der Waals surface area contributed by atoms with Gasteiger partial charge in [-0.05, 0) is 18.6 Å². The Labute approximate surface area is 153 Å². The highest BCUT2D eigenvalue weighted by Crippen LogP contribution is 2.19. The van der Waals surface area contributed by atoms with Gasteiger partial charge in [-0.1, -0.05) is 29.8 Å². The molecular weight excluding hydrogens is 354 g/mol. The van der Waals surface area contributed by atoms with E-state index in [4.69, 9.17) is 4.74 Å². The Kier molecular flexibility index (Phi) is 5.45. The lowest BCUT2D eigenvalue weighted by Crippen LogP contribution is -2.40. The van der Waals surface area contributed by atoms with E-state index in [1.165, 1.54) is 16.6 Å². The maximum absolute atomic E-state index is 12.7. The molecule has 2 heterocycles. The Morgan fingerprint density at radius 1 is 1.23 bits per heavy atom. The van der Waals surface area contributed by atoms with Gasteiger partial charge < -0.3 is 14.6 Å². The van der Waals surface area contributed by atoms with Gasteiger partial charge in [-0.15, -0.1) is 0 Å². The summed E-state index contributed by atoms with van der Waals surface area (Å²) in [7, 11) is -1.95. The van der Waals surface area contributed by atoms with Crippen LogP contribution in [-0.4, -0.2) is 49.5 Å². The van der Waals surface area contributed by atoms with E-state index in [2.05, 4.69) is 5.32 Å². The molecule has 1 N–H and O–H groups in total. The number of aryl methyl sites for hydroxylation is 2. The van der Waals surface area contributed by atoms with Crippen molar-refractivity contribution in [1.29, 1.82) is 0 Å². The van der Waals surface area contributed by atoms with E-state index >= 15 is 0 Å². The van der Waals surface area contributed by atoms with E-state index in [1.807, 2.05) is 31.2 Å². The van der Waals surface area contributed by atoms with Gasteiger partial charge in [0, 0.05) is 32.9 Å². The molecule has 0 spiro atoms. The van der Waals surface area contributed by atoms with Gasteiger partial charge in [0.25, 0.3) is 5.91 Å². The molecule has 0 atom stereocenters. The van der Waals surface area contributed by atoms with Crippen LogP contribution in [0.3, 0.4) is 0 Å². The van der Waals surface area contributed by atoms with Crippen molar-refractivity contribution in [2.45, 2.75) is 18.4 Å². The van der Waals surface area contributed by atoms with Crippen LogP contribution in [0.15, 0.2) is 41.4 Å². The first-order valence-corrected chi connectivity index (χ1v) is 9.90. The molecule has 2 aromatic rings. The van der Waals surface area contributed by atoms with E-state index in [0.717, 1.165) is 11.1 Å². The number of morpholine rings is 1. The number of sulfonamides is 1. The Balaban J connectivity index is 1.73. The summed E-state index contributed by atoms with van der Waals surface area (Å²) < 4.78 is 33.6. The summed E-state index contributed by atoms with van der Waals surface area (Å²) in [6, 6.07) is 9.29. The normalized spacial score (nSPS) is 15.8. The largest absolute Gasteiger partial charge is 0.379 e. The minimum absolute atomic E-state index is 0.127. The molecule has 26 heavy (non-hydrogen) atoms. The van der Waals surface area contributed by atoms with Crippen LogP contribution < -0.4 is 5.32 Å². The number of rotatable bonds is 5. The molecule has 1 aromatic carbocycles. The van der Waals surface area contributed by atoms with Gasteiger partial charge in [-0.25, -0.2) is 8.42 Å². The first-order chi connectivity index (χ1) is 12.4. The number of hydrogen-bond donors (Lipinski definition) is 1. The van der Waals surface area contributed by atoms with Crippen molar-refractivity contribution in [1.82, 2.24) is 14.2 Å². The van der Waals surface area contributed by atoms with Crippen LogP contribution in [0.4, 0.5) is 0 Å². The van der Waals surface area contributed by atoms with Crippen molar-refractivity contribution in [3.8, 4) is 0 Å². The lowest BCUT2D eigenvalue weighted by atomic mass is 10.1. The molecule has 1 aliphatic heterocycles. The molecule has 8 heteroatoms. The van der Waals surface area contributed by atoms with Crippen LogP contribution in [0.2, 0.25) is 0 Å². The predicted octanol–water partition coefficient (Wildman–Crippen LogP) is 1.28. The highest BCUT2D eigenvalue weighted by Gasteiger charge is 2.28. The molecule has 0 aliphatic carbocycles. The van der Waals surface area contributed by atoms with Crippen molar-refractivity contribution in [3.05, 3.63) is 53.3 Å². The lowest BCUT2D eigenvalue weighted by molar-refractivity contribution is 0.0730. The third-order valence-corrected chi connectivity index (χ3v) is 6.22. The van der Waals surface area contributed by atoms with Gasteiger partial charge in [-0.2, -0.15) is 4.31 Å². The maximum atomic E-state index is 12.7. The van der Waals surface area contributed by atoms with Gasteiger partial charge in [0.1, 0.15) is 10.6 Å². The fraction of sp³-hybridized carbons (Fsp3) is 0.389. The first kappa shape index (κ1) is 18.6. The van der Waals surface area contributed by atoms with E-state index in [9.17, 15) is 13.2 Å². The Bertz CT molecular complexity index is 899. The molecule has 1 amide bonds. The average molecular weight is 377 g/mol. The average Bonchev–Trinajstić information content (AvgIpc) is 3.03. The zero-order chi connectivity index (χ0) is 18.7. The number of aromatic nitrogens is 1. The Morgan fingerprint density at radius 2 is 1.96 bits per heavy atom. The van der Waals surface area contributed by atoms with Gasteiger partial charge >= 0.3 is 0 Å². The molecule has 7 nitrogen and oxygen atoms in total. The molecule has 1 fully saturated rings. The van der Waals surface area contributed by atoms with E-state index in [1.54, 1.807) is 11.6 Å². The lowest BCUT2D eigenvalue weighted by Gasteiger charge is -2.25. The van der Waals surface area contributed by atoms with Crippen LogP contribution in [0.5, 0.6) is 0 Å². The summed E-state index contributed by atoms with van der Waals surface area (Å²) in [6.07, 6.45) is 1.48. The van der Waals surface area contributed by atoms with Crippen molar-refractivity contribution >= 4 is 15.9 Å². The van der Waals surface area contributed by atoms with Crippen molar-refractivity contribution in [2.75, 3.05) is 26.3 Å². The molecule has 1 saturated heterocycles. The summed E-state index contributed by atoms with van der Waals surface area (Å²) >= 11 is 0. The number of carbonyl (C=O) groups excluding carboxylic acids is 1. The molecular formula is C18H23N3O4S. The summed E-state index contributed by atoms with van der Waals surface area (Å²) in [5.41, 5.74) is 2.42. The Hall–Kier alpha value is -2.16. The molecule has 1 aliphatic rings. The van der Waals surface area contributed by atoms with E-state index < -0.39 is 10.0 Å². The highest BCUT2D eigenvalue weighted by molar-refractivity contribution is 7.89. The first-order valence-electron chi connectivity index (χ1n) is 8.46. The third-order valence-electron chi connectivity index (χ3n) is 4.36. The third kappa shape index (κ3) is 3.98. The van der Waals surface area contributed by atoms with Crippen LogP contribution >= 0.6 is 0 Å². The smallest absolute Gasteiger partial charge is 0.268 e. The minimum atomic E-state index is -3.62. The van der Waals surface area contributed by atoms with Crippen LogP contribution in [-0.2, 0) is 28.4 Å². The second kappa shape index (κ2) is 7.61. The van der Waals surface area contributed by atoms with Crippen LogP contribution in [0.1, 0.15) is 21.6 Å². The quantitative estimate of drug-likeness (QED) is 0.851. The van der Waals surface area contributed by atoms with Gasteiger partial charge in [0.15, 0.2) is 0 Å². The number of ether oxygens (including phenoxy) is 1. The number of amides is 1. The molecule has 140 valence electrons. The van der Waals surface area contributed by atoms with Crippen molar-refractivity contribution in [2.24, 2.45) is 7.05 Å². The second-order valence-corrected chi connectivity index (χ2v) is 8.30. The summed E-state index contributed by atoms with van der Waals surface area (Å²) in [4.78, 5) is 12.6. The number of nitrogens with zero attached hydrogens (tertiary/aromatic N) is 2. The number of hydrogen-bond acceptors (Lipinski definition) is 4. The molecule has 0 radical (unpaired) electrons. The Morgan fingerprint density at radius 3 is 2.65 bits per heavy atom. The fourth-order valence-electron chi connectivity index (χ4n) is 2.93. The molecule has 1 aromatic heterocycles. The second-order valence-electron chi connectivity index (χ2n) is 6.36. The summed E-state index contributed by atoms with van der Waals surface area (Å²) in [5, 5.41) is 2.84. The number of benzene rings is 1. The van der Waals surface area contributed by atoms with Crippen molar-refractivity contribution < 1.29 is 17.9 Å². The zero-order valence-electron chi connectivity index (χ0n) is 14.9. The monoisotopic (exact) mass is 377 g/mol. The molecule has 0 unspecified atom stereocenters. The maximum Gasteiger partial charge on any atom is 0.268 e. The van der Waals surface area contributed by atoms with Crippen molar-refractivity contribution in [3.63, 3.8) is 0 Å². The standard InChI is InChI=1S/C18H23N3O4S/c1-14-4-3-5-15(10-14)12-19-18(22)17-11-16(13-20(17)2)26(23,24)21-6-8-25-9-7-21/h3-5,10-11,13H,6-9,12H2,1-2H3,(H,19,22). The summed E-state index contributed by atoms with van der Waals surface area (Å²) in [5.74, 6) is -0.308.